The van der Waals surface area contributed by atoms with E-state index in [1.54, 1.807) is 0 Å². The number of nitrogens with zero attached hydrogens (tertiary/aromatic N) is 2. The number of aromatic nitrogens is 2. The van der Waals surface area contributed by atoms with Gasteiger partial charge >= 0.3 is 6.18 Å². The number of hydrazine groups is 1. The van der Waals surface area contributed by atoms with E-state index in [0.29, 0.717) is 12.1 Å². The molecule has 1 aromatic carbocycles. The molecule has 4 N–H and O–H groups in total. The lowest BCUT2D eigenvalue weighted by Gasteiger charge is -2.12. The molecule has 1 heterocycles. The molecule has 10 heteroatoms. The van der Waals surface area contributed by atoms with Gasteiger partial charge in [0.15, 0.2) is 5.82 Å². The molecule has 21 heavy (non-hydrogen) atoms. The number of hydrogen-bond acceptors (Lipinski definition) is 5. The lowest BCUT2D eigenvalue weighted by molar-refractivity contribution is -0.139. The van der Waals surface area contributed by atoms with Crippen LogP contribution in [0.25, 0.3) is 0 Å². The summed E-state index contributed by atoms with van der Waals surface area (Å²) in [5.74, 6) is 3.79. The first-order chi connectivity index (χ1) is 9.81. The summed E-state index contributed by atoms with van der Waals surface area (Å²) in [5, 5.41) is 2.60. The zero-order chi connectivity index (χ0) is 15.6. The SMILES string of the molecule is NNc1ncc(Cl)c(Nc2ccc(F)c(C(F)(F)F)c2)n1. The van der Waals surface area contributed by atoms with Crippen LogP contribution in [0.2, 0.25) is 5.02 Å². The fourth-order valence-corrected chi connectivity index (χ4v) is 1.62. The number of rotatable bonds is 3. The number of nitrogens with two attached hydrogens (primary N) is 1. The molecule has 0 spiro atoms. The largest absolute Gasteiger partial charge is 0.419 e. The van der Waals surface area contributed by atoms with E-state index in [1.165, 1.54) is 6.20 Å². The second-order valence-electron chi connectivity index (χ2n) is 3.85. The summed E-state index contributed by atoms with van der Waals surface area (Å²) in [6.45, 7) is 0. The second-order valence-corrected chi connectivity index (χ2v) is 4.26. The first-order valence-corrected chi connectivity index (χ1v) is 5.82. The molecular weight excluding hydrogens is 314 g/mol. The van der Waals surface area contributed by atoms with Crippen LogP contribution in [0.5, 0.6) is 0 Å². The summed E-state index contributed by atoms with van der Waals surface area (Å²) in [5.41, 5.74) is 0.736. The standard InChI is InChI=1S/C11H8ClF4N5/c12-7-4-18-10(21-17)20-9(7)19-5-1-2-8(13)6(3-5)11(14,15)16/h1-4H,17H2,(H2,18,19,20,21). The number of benzene rings is 1. The average molecular weight is 322 g/mol. The fourth-order valence-electron chi connectivity index (χ4n) is 1.48. The molecule has 0 saturated carbocycles. The molecule has 0 radical (unpaired) electrons. The number of hydrogen-bond donors (Lipinski definition) is 3. The Morgan fingerprint density at radius 2 is 1.95 bits per heavy atom. The van der Waals surface area contributed by atoms with E-state index < -0.39 is 17.6 Å². The summed E-state index contributed by atoms with van der Waals surface area (Å²) >= 11 is 5.81. The van der Waals surface area contributed by atoms with Crippen molar-refractivity contribution in [1.82, 2.24) is 9.97 Å². The highest BCUT2D eigenvalue weighted by molar-refractivity contribution is 6.32. The molecule has 0 bridgehead atoms. The Morgan fingerprint density at radius 3 is 2.57 bits per heavy atom. The summed E-state index contributed by atoms with van der Waals surface area (Å²) in [4.78, 5) is 7.55. The smallest absolute Gasteiger partial charge is 0.339 e. The maximum absolute atomic E-state index is 13.2. The van der Waals surface area contributed by atoms with E-state index in [-0.39, 0.29) is 22.5 Å². The zero-order valence-corrected chi connectivity index (χ0v) is 10.9. The van der Waals surface area contributed by atoms with Gasteiger partial charge in [0.1, 0.15) is 10.8 Å². The number of nitrogen functional groups attached to an aromatic ring is 1. The van der Waals surface area contributed by atoms with Gasteiger partial charge in [-0.25, -0.2) is 15.2 Å². The molecule has 0 aliphatic rings. The number of nitrogens with one attached hydrogen (secondary N) is 2. The minimum Gasteiger partial charge on any atom is -0.339 e. The Hall–Kier alpha value is -2.13. The van der Waals surface area contributed by atoms with Crippen LogP contribution in [0.15, 0.2) is 24.4 Å². The van der Waals surface area contributed by atoms with E-state index >= 15 is 0 Å². The van der Waals surface area contributed by atoms with E-state index in [9.17, 15) is 17.6 Å². The van der Waals surface area contributed by atoms with Gasteiger partial charge in [-0.05, 0) is 18.2 Å². The molecule has 2 aromatic rings. The van der Waals surface area contributed by atoms with Gasteiger partial charge in [-0.2, -0.15) is 18.2 Å². The maximum atomic E-state index is 13.2. The van der Waals surface area contributed by atoms with Crippen LogP contribution in [0.1, 0.15) is 5.56 Å². The molecule has 0 saturated heterocycles. The lowest BCUT2D eigenvalue weighted by Crippen LogP contribution is -2.11. The van der Waals surface area contributed by atoms with Gasteiger partial charge < -0.3 is 5.32 Å². The predicted octanol–water partition coefficient (Wildman–Crippen LogP) is 3.32. The summed E-state index contributed by atoms with van der Waals surface area (Å²) < 4.78 is 51.0. The Balaban J connectivity index is 2.36. The molecule has 0 fully saturated rings. The average Bonchev–Trinajstić information content (AvgIpc) is 2.42. The molecule has 0 aliphatic carbocycles. The quantitative estimate of drug-likeness (QED) is 0.459. The van der Waals surface area contributed by atoms with Crippen molar-refractivity contribution in [2.75, 3.05) is 10.7 Å². The third-order valence-corrected chi connectivity index (χ3v) is 2.68. The highest BCUT2D eigenvalue weighted by atomic mass is 35.5. The number of halogens is 5. The highest BCUT2D eigenvalue weighted by Crippen LogP contribution is 2.34. The van der Waals surface area contributed by atoms with Crippen LogP contribution >= 0.6 is 11.6 Å². The molecular formula is C11H8ClF4N5. The first-order valence-electron chi connectivity index (χ1n) is 5.44. The molecule has 0 aliphatic heterocycles. The van der Waals surface area contributed by atoms with E-state index in [4.69, 9.17) is 17.4 Å². The minimum absolute atomic E-state index is 0.0139. The van der Waals surface area contributed by atoms with Crippen LogP contribution < -0.4 is 16.6 Å². The molecule has 2 rings (SSSR count). The Bertz CT molecular complexity index is 662. The molecule has 112 valence electrons. The Kier molecular flexibility index (Phi) is 4.14. The van der Waals surface area contributed by atoms with Crippen molar-refractivity contribution in [1.29, 1.82) is 0 Å². The lowest BCUT2D eigenvalue weighted by atomic mass is 10.2. The van der Waals surface area contributed by atoms with Gasteiger partial charge in [-0.3, -0.25) is 5.43 Å². The Labute approximate surface area is 121 Å². The molecule has 0 unspecified atom stereocenters. The van der Waals surface area contributed by atoms with Crippen molar-refractivity contribution in [2.24, 2.45) is 5.84 Å². The van der Waals surface area contributed by atoms with Crippen molar-refractivity contribution in [2.45, 2.75) is 6.18 Å². The van der Waals surface area contributed by atoms with Crippen molar-refractivity contribution in [3.8, 4) is 0 Å². The Morgan fingerprint density at radius 1 is 1.24 bits per heavy atom. The van der Waals surface area contributed by atoms with Gasteiger partial charge in [0.25, 0.3) is 0 Å². The maximum Gasteiger partial charge on any atom is 0.419 e. The van der Waals surface area contributed by atoms with Gasteiger partial charge in [0.05, 0.1) is 11.8 Å². The summed E-state index contributed by atoms with van der Waals surface area (Å²) in [7, 11) is 0. The number of alkyl halides is 3. The van der Waals surface area contributed by atoms with Gasteiger partial charge in [-0.1, -0.05) is 11.6 Å². The van der Waals surface area contributed by atoms with Crippen LogP contribution in [-0.4, -0.2) is 9.97 Å². The summed E-state index contributed by atoms with van der Waals surface area (Å²) in [6.07, 6.45) is -3.60. The van der Waals surface area contributed by atoms with Crippen molar-refractivity contribution in [3.63, 3.8) is 0 Å². The van der Waals surface area contributed by atoms with Crippen molar-refractivity contribution in [3.05, 3.63) is 40.8 Å². The van der Waals surface area contributed by atoms with E-state index in [1.807, 2.05) is 0 Å². The highest BCUT2D eigenvalue weighted by Gasteiger charge is 2.34. The third kappa shape index (κ3) is 3.50. The molecule has 5 nitrogen and oxygen atoms in total. The number of anilines is 3. The van der Waals surface area contributed by atoms with Crippen LogP contribution in [-0.2, 0) is 6.18 Å². The molecule has 0 atom stereocenters. The second kappa shape index (κ2) is 5.70. The zero-order valence-electron chi connectivity index (χ0n) is 10.2. The van der Waals surface area contributed by atoms with Crippen molar-refractivity contribution < 1.29 is 17.6 Å². The molecule has 0 amide bonds. The predicted molar refractivity (Wildman–Crippen MR) is 69.5 cm³/mol. The van der Waals surface area contributed by atoms with Crippen LogP contribution in [0.4, 0.5) is 35.0 Å². The normalized spacial score (nSPS) is 11.3. The fraction of sp³-hybridized carbons (Fsp3) is 0.0909. The van der Waals surface area contributed by atoms with Gasteiger partial charge in [0.2, 0.25) is 5.95 Å². The van der Waals surface area contributed by atoms with Gasteiger partial charge in [0, 0.05) is 5.69 Å². The van der Waals surface area contributed by atoms with Crippen LogP contribution in [0.3, 0.4) is 0 Å². The first kappa shape index (κ1) is 15.3. The van der Waals surface area contributed by atoms with Crippen LogP contribution in [0, 0.1) is 5.82 Å². The van der Waals surface area contributed by atoms with Crippen molar-refractivity contribution >= 4 is 29.1 Å². The third-order valence-electron chi connectivity index (χ3n) is 2.41. The topological polar surface area (TPSA) is 75.9 Å². The monoisotopic (exact) mass is 321 g/mol. The van der Waals surface area contributed by atoms with Gasteiger partial charge in [-0.15, -0.1) is 0 Å². The summed E-state index contributed by atoms with van der Waals surface area (Å²) in [6, 6.07) is 2.43. The molecule has 1 aromatic heterocycles. The van der Waals surface area contributed by atoms with E-state index in [0.717, 1.165) is 6.07 Å². The minimum atomic E-state index is -4.80. The van der Waals surface area contributed by atoms with E-state index in [2.05, 4.69) is 20.7 Å².